The van der Waals surface area contributed by atoms with E-state index in [4.69, 9.17) is 0 Å². The van der Waals surface area contributed by atoms with E-state index in [0.29, 0.717) is 6.54 Å². The Labute approximate surface area is 126 Å². The van der Waals surface area contributed by atoms with Crippen molar-refractivity contribution in [3.05, 3.63) is 29.8 Å². The summed E-state index contributed by atoms with van der Waals surface area (Å²) in [6.07, 6.45) is 0. The first-order valence-electron chi connectivity index (χ1n) is 6.34. The number of likely N-dealkylation sites (N-methyl/N-ethyl adjacent to an activating group) is 1. The van der Waals surface area contributed by atoms with Crippen LogP contribution in [-0.4, -0.2) is 36.9 Å². The fourth-order valence-corrected chi connectivity index (χ4v) is 1.57. The molecule has 2 amide bonds. The van der Waals surface area contributed by atoms with Gasteiger partial charge in [-0.3, -0.25) is 9.59 Å². The highest BCUT2D eigenvalue weighted by atomic mass is 35.5. The van der Waals surface area contributed by atoms with Crippen molar-refractivity contribution in [3.63, 3.8) is 0 Å². The molecular formula is C14H22ClN3O2. The Morgan fingerprint density at radius 3 is 2.50 bits per heavy atom. The van der Waals surface area contributed by atoms with E-state index in [2.05, 4.69) is 10.6 Å². The van der Waals surface area contributed by atoms with Crippen LogP contribution in [0.1, 0.15) is 19.4 Å². The third-order valence-corrected chi connectivity index (χ3v) is 2.78. The lowest BCUT2D eigenvalue weighted by molar-refractivity contribution is -0.131. The number of hydrogen-bond donors (Lipinski definition) is 2. The van der Waals surface area contributed by atoms with E-state index in [1.165, 1.54) is 11.8 Å². The fraction of sp³-hybridized carbons (Fsp3) is 0.429. The molecule has 0 atom stereocenters. The molecule has 6 heteroatoms. The highest BCUT2D eigenvalue weighted by Gasteiger charge is 2.10. The summed E-state index contributed by atoms with van der Waals surface area (Å²) < 4.78 is 0. The summed E-state index contributed by atoms with van der Waals surface area (Å²) in [7, 11) is 1.60. The molecule has 0 aromatic heterocycles. The van der Waals surface area contributed by atoms with Crippen molar-refractivity contribution in [3.8, 4) is 0 Å². The Hall–Kier alpha value is -1.59. The van der Waals surface area contributed by atoms with E-state index >= 15 is 0 Å². The number of para-hydroxylation sites is 1. The lowest BCUT2D eigenvalue weighted by Gasteiger charge is -2.16. The number of anilines is 1. The quantitative estimate of drug-likeness (QED) is 0.839. The highest BCUT2D eigenvalue weighted by molar-refractivity contribution is 5.94. The van der Waals surface area contributed by atoms with Gasteiger partial charge >= 0.3 is 0 Å². The van der Waals surface area contributed by atoms with Crippen LogP contribution in [0.4, 0.5) is 5.69 Å². The number of halogens is 1. The molecule has 0 aliphatic heterocycles. The molecule has 0 saturated carbocycles. The van der Waals surface area contributed by atoms with Crippen LogP contribution >= 0.6 is 12.4 Å². The molecule has 0 bridgehead atoms. The molecule has 0 aliphatic rings. The fourth-order valence-electron chi connectivity index (χ4n) is 1.57. The molecule has 0 saturated heterocycles. The topological polar surface area (TPSA) is 61.4 Å². The minimum Gasteiger partial charge on any atom is -0.337 e. The third kappa shape index (κ3) is 6.04. The summed E-state index contributed by atoms with van der Waals surface area (Å²) in [6, 6.07) is 7.63. The van der Waals surface area contributed by atoms with Gasteiger partial charge in [0, 0.05) is 26.2 Å². The third-order valence-electron chi connectivity index (χ3n) is 2.78. The minimum atomic E-state index is -0.193. The van der Waals surface area contributed by atoms with Gasteiger partial charge in [0.25, 0.3) is 0 Å². The van der Waals surface area contributed by atoms with Crippen molar-refractivity contribution in [1.82, 2.24) is 10.2 Å². The smallest absolute Gasteiger partial charge is 0.243 e. The van der Waals surface area contributed by atoms with E-state index in [-0.39, 0.29) is 30.8 Å². The van der Waals surface area contributed by atoms with Gasteiger partial charge in [-0.2, -0.15) is 0 Å². The number of nitrogens with one attached hydrogen (secondary N) is 2. The summed E-state index contributed by atoms with van der Waals surface area (Å²) in [4.78, 5) is 24.3. The highest BCUT2D eigenvalue weighted by Crippen LogP contribution is 2.14. The van der Waals surface area contributed by atoms with Crippen molar-refractivity contribution in [2.75, 3.05) is 25.5 Å². The Morgan fingerprint density at radius 2 is 1.90 bits per heavy atom. The molecule has 1 aromatic rings. The molecule has 0 aliphatic carbocycles. The van der Waals surface area contributed by atoms with Crippen LogP contribution in [-0.2, 0) is 16.1 Å². The molecule has 0 fully saturated rings. The van der Waals surface area contributed by atoms with Crippen LogP contribution in [0, 0.1) is 0 Å². The van der Waals surface area contributed by atoms with Gasteiger partial charge in [-0.25, -0.2) is 0 Å². The summed E-state index contributed by atoms with van der Waals surface area (Å²) >= 11 is 0. The molecule has 0 spiro atoms. The first kappa shape index (κ1) is 18.4. The summed E-state index contributed by atoms with van der Waals surface area (Å²) in [5, 5.41) is 6.05. The average molecular weight is 300 g/mol. The second kappa shape index (κ2) is 9.34. The number of amides is 2. The maximum atomic E-state index is 11.8. The van der Waals surface area contributed by atoms with Gasteiger partial charge in [0.1, 0.15) is 0 Å². The van der Waals surface area contributed by atoms with Crippen LogP contribution in [0.5, 0.6) is 0 Å². The number of nitrogens with zero attached hydrogens (tertiary/aromatic N) is 1. The number of benzene rings is 1. The zero-order valence-electron chi connectivity index (χ0n) is 12.1. The van der Waals surface area contributed by atoms with Gasteiger partial charge in [-0.15, -0.1) is 12.4 Å². The van der Waals surface area contributed by atoms with Crippen LogP contribution in [0.2, 0.25) is 0 Å². The Kier molecular flexibility index (Phi) is 8.59. The summed E-state index contributed by atoms with van der Waals surface area (Å²) in [6.45, 7) is 5.10. The Balaban J connectivity index is 0.00000361. The maximum Gasteiger partial charge on any atom is 0.243 e. The Bertz CT molecular complexity index is 452. The predicted octanol–water partition coefficient (Wildman–Crippen LogP) is 1.63. The molecular weight excluding hydrogens is 278 g/mol. The van der Waals surface area contributed by atoms with E-state index < -0.39 is 0 Å². The number of carbonyl (C=O) groups excluding carboxylic acids is 2. The van der Waals surface area contributed by atoms with E-state index in [9.17, 15) is 9.59 Å². The molecule has 0 unspecified atom stereocenters. The molecule has 112 valence electrons. The SMILES string of the molecule is CCNCc1ccccc1NC(=O)CN(C)C(C)=O.Cl. The van der Waals surface area contributed by atoms with E-state index in [1.54, 1.807) is 7.05 Å². The lowest BCUT2D eigenvalue weighted by Crippen LogP contribution is -2.33. The Morgan fingerprint density at radius 1 is 1.25 bits per heavy atom. The lowest BCUT2D eigenvalue weighted by atomic mass is 10.1. The number of hydrogen-bond acceptors (Lipinski definition) is 3. The number of rotatable bonds is 6. The monoisotopic (exact) mass is 299 g/mol. The normalized spacial score (nSPS) is 9.55. The van der Waals surface area contributed by atoms with Crippen LogP contribution in [0.15, 0.2) is 24.3 Å². The van der Waals surface area contributed by atoms with Crippen molar-refractivity contribution in [1.29, 1.82) is 0 Å². The molecule has 2 N–H and O–H groups in total. The second-order valence-electron chi connectivity index (χ2n) is 4.36. The summed E-state index contributed by atoms with van der Waals surface area (Å²) in [5.74, 6) is -0.322. The van der Waals surface area contributed by atoms with Crippen molar-refractivity contribution in [2.24, 2.45) is 0 Å². The van der Waals surface area contributed by atoms with Gasteiger partial charge in [0.05, 0.1) is 6.54 Å². The molecule has 5 nitrogen and oxygen atoms in total. The predicted molar refractivity (Wildman–Crippen MR) is 83.0 cm³/mol. The first-order valence-corrected chi connectivity index (χ1v) is 6.34. The maximum absolute atomic E-state index is 11.8. The van der Waals surface area contributed by atoms with Crippen LogP contribution < -0.4 is 10.6 Å². The van der Waals surface area contributed by atoms with Gasteiger partial charge in [-0.1, -0.05) is 25.1 Å². The largest absolute Gasteiger partial charge is 0.337 e. The van der Waals surface area contributed by atoms with E-state index in [0.717, 1.165) is 17.8 Å². The van der Waals surface area contributed by atoms with Gasteiger partial charge in [0.2, 0.25) is 11.8 Å². The second-order valence-corrected chi connectivity index (χ2v) is 4.36. The minimum absolute atomic E-state index is 0. The zero-order valence-corrected chi connectivity index (χ0v) is 12.9. The number of carbonyl (C=O) groups is 2. The van der Waals surface area contributed by atoms with E-state index in [1.807, 2.05) is 31.2 Å². The molecule has 1 rings (SSSR count). The molecule has 0 heterocycles. The van der Waals surface area contributed by atoms with Gasteiger partial charge < -0.3 is 15.5 Å². The average Bonchev–Trinajstić information content (AvgIpc) is 2.37. The van der Waals surface area contributed by atoms with Crippen molar-refractivity contribution >= 4 is 29.9 Å². The summed E-state index contributed by atoms with van der Waals surface area (Å²) in [5.41, 5.74) is 1.81. The van der Waals surface area contributed by atoms with Crippen LogP contribution in [0.25, 0.3) is 0 Å². The molecule has 0 radical (unpaired) electrons. The first-order chi connectivity index (χ1) is 9.04. The van der Waals surface area contributed by atoms with Crippen molar-refractivity contribution < 1.29 is 9.59 Å². The zero-order chi connectivity index (χ0) is 14.3. The molecule has 1 aromatic carbocycles. The van der Waals surface area contributed by atoms with Crippen molar-refractivity contribution in [2.45, 2.75) is 20.4 Å². The van der Waals surface area contributed by atoms with Crippen LogP contribution in [0.3, 0.4) is 0 Å². The molecule has 20 heavy (non-hydrogen) atoms. The van der Waals surface area contributed by atoms with Gasteiger partial charge in [-0.05, 0) is 18.2 Å². The standard InChI is InChI=1S/C14H21N3O2.ClH/c1-4-15-9-12-7-5-6-8-13(12)16-14(19)10-17(3)11(2)18;/h5-8,15H,4,9-10H2,1-3H3,(H,16,19);1H. The van der Waals surface area contributed by atoms with Gasteiger partial charge in [0.15, 0.2) is 0 Å².